The summed E-state index contributed by atoms with van der Waals surface area (Å²) in [6.45, 7) is 2.01. The molecule has 0 aliphatic carbocycles. The number of benzene rings is 1. The minimum Gasteiger partial charge on any atom is -0.337 e. The lowest BCUT2D eigenvalue weighted by atomic mass is 10.1. The van der Waals surface area contributed by atoms with Gasteiger partial charge in [0.15, 0.2) is 5.16 Å². The van der Waals surface area contributed by atoms with Gasteiger partial charge in [0.2, 0.25) is 10.0 Å². The van der Waals surface area contributed by atoms with Gasteiger partial charge < -0.3 is 4.98 Å². The Morgan fingerprint density at radius 1 is 1.27 bits per heavy atom. The van der Waals surface area contributed by atoms with Crippen molar-refractivity contribution in [1.29, 1.82) is 0 Å². The zero-order valence-corrected chi connectivity index (χ0v) is 14.4. The number of aromatic nitrogens is 2. The van der Waals surface area contributed by atoms with Crippen LogP contribution in [0.4, 0.5) is 0 Å². The lowest BCUT2D eigenvalue weighted by molar-refractivity contribution is 0.587. The van der Waals surface area contributed by atoms with Crippen LogP contribution in [0.1, 0.15) is 23.4 Å². The number of nitrogens with zero attached hydrogens (tertiary/aromatic N) is 1. The third-order valence-corrected chi connectivity index (χ3v) is 5.69. The maximum atomic E-state index is 11.3. The number of sulfonamides is 1. The van der Waals surface area contributed by atoms with Gasteiger partial charge in [-0.3, -0.25) is 0 Å². The van der Waals surface area contributed by atoms with Crippen molar-refractivity contribution in [2.45, 2.75) is 24.9 Å². The Bertz CT molecular complexity index is 697. The molecule has 2 aromatic rings. The van der Waals surface area contributed by atoms with Gasteiger partial charge in [0.1, 0.15) is 0 Å². The van der Waals surface area contributed by atoms with Crippen molar-refractivity contribution in [1.82, 2.24) is 14.7 Å². The number of rotatable bonds is 8. The van der Waals surface area contributed by atoms with Crippen molar-refractivity contribution in [3.63, 3.8) is 0 Å². The van der Waals surface area contributed by atoms with E-state index in [1.54, 1.807) is 11.8 Å². The van der Waals surface area contributed by atoms with E-state index in [0.29, 0.717) is 6.42 Å². The molecule has 2 N–H and O–H groups in total. The van der Waals surface area contributed by atoms with Gasteiger partial charge in [-0.2, -0.15) is 0 Å². The number of H-pyrrole nitrogens is 1. The van der Waals surface area contributed by atoms with Gasteiger partial charge in [-0.25, -0.2) is 18.1 Å². The Labute approximate surface area is 136 Å². The Morgan fingerprint density at radius 3 is 2.68 bits per heavy atom. The van der Waals surface area contributed by atoms with Crippen LogP contribution in [0.5, 0.6) is 0 Å². The van der Waals surface area contributed by atoms with Crippen LogP contribution in [0.15, 0.2) is 35.5 Å². The highest BCUT2D eigenvalue weighted by Gasteiger charge is 2.10. The summed E-state index contributed by atoms with van der Waals surface area (Å²) in [5.41, 5.74) is 3.33. The van der Waals surface area contributed by atoms with E-state index in [1.165, 1.54) is 12.6 Å². The Balaban J connectivity index is 1.87. The van der Waals surface area contributed by atoms with Crippen LogP contribution in [0, 0.1) is 6.92 Å². The van der Waals surface area contributed by atoms with Gasteiger partial charge in [-0.15, -0.1) is 0 Å². The fourth-order valence-corrected chi connectivity index (χ4v) is 3.81. The van der Waals surface area contributed by atoms with E-state index in [2.05, 4.69) is 26.8 Å². The summed E-state index contributed by atoms with van der Waals surface area (Å²) in [7, 11) is -1.67. The Kier molecular flexibility index (Phi) is 6.05. The first kappa shape index (κ1) is 17.1. The third kappa shape index (κ3) is 5.15. The van der Waals surface area contributed by atoms with Crippen LogP contribution in [-0.2, 0) is 16.4 Å². The Hall–Kier alpha value is -1.31. The number of hydrogen-bond donors (Lipinski definition) is 2. The average molecular weight is 339 g/mol. The van der Waals surface area contributed by atoms with Crippen molar-refractivity contribution in [3.05, 3.63) is 47.3 Å². The normalized spacial score (nSPS) is 11.7. The molecule has 0 unspecified atom stereocenters. The van der Waals surface area contributed by atoms with Gasteiger partial charge in [0.25, 0.3) is 0 Å². The molecular formula is C15H21N3O2S2. The molecule has 0 bridgehead atoms. The van der Waals surface area contributed by atoms with E-state index in [1.807, 2.05) is 25.1 Å². The lowest BCUT2D eigenvalue weighted by Crippen LogP contribution is -2.22. The molecule has 120 valence electrons. The summed E-state index contributed by atoms with van der Waals surface area (Å²) in [4.78, 5) is 7.86. The molecule has 2 rings (SSSR count). The average Bonchev–Trinajstić information content (AvgIpc) is 2.85. The second-order valence-electron chi connectivity index (χ2n) is 5.00. The zero-order valence-electron chi connectivity index (χ0n) is 12.8. The molecule has 0 amide bonds. The van der Waals surface area contributed by atoms with E-state index in [9.17, 15) is 8.42 Å². The number of aromatic amines is 1. The molecule has 0 atom stereocenters. The first-order chi connectivity index (χ1) is 10.5. The predicted molar refractivity (Wildman–Crippen MR) is 90.8 cm³/mol. The van der Waals surface area contributed by atoms with Gasteiger partial charge >= 0.3 is 0 Å². The van der Waals surface area contributed by atoms with Crippen LogP contribution in [0.3, 0.4) is 0 Å². The van der Waals surface area contributed by atoms with Crippen LogP contribution in [-0.4, -0.2) is 36.9 Å². The molecule has 0 fully saturated rings. The largest absolute Gasteiger partial charge is 0.337 e. The molecule has 0 aliphatic rings. The summed E-state index contributed by atoms with van der Waals surface area (Å²) in [5.74, 6) is 0.867. The minimum atomic E-state index is -3.11. The first-order valence-corrected chi connectivity index (χ1v) is 9.77. The van der Waals surface area contributed by atoms with Crippen molar-refractivity contribution in [2.24, 2.45) is 0 Å². The van der Waals surface area contributed by atoms with E-state index in [0.717, 1.165) is 28.7 Å². The smallest absolute Gasteiger partial charge is 0.211 e. The minimum absolute atomic E-state index is 0.146. The molecule has 7 heteroatoms. The molecule has 22 heavy (non-hydrogen) atoms. The molecule has 5 nitrogen and oxygen atoms in total. The monoisotopic (exact) mass is 339 g/mol. The predicted octanol–water partition coefficient (Wildman–Crippen LogP) is 2.34. The molecule has 0 radical (unpaired) electrons. The zero-order chi connectivity index (χ0) is 16.0. The van der Waals surface area contributed by atoms with Crippen LogP contribution in [0.2, 0.25) is 0 Å². The molecule has 1 heterocycles. The van der Waals surface area contributed by atoms with Gasteiger partial charge in [-0.1, -0.05) is 42.1 Å². The lowest BCUT2D eigenvalue weighted by Gasteiger charge is -2.01. The number of hydrogen-bond acceptors (Lipinski definition) is 4. The molecule has 0 saturated heterocycles. The summed E-state index contributed by atoms with van der Waals surface area (Å²) in [5, 5.41) is 0.852. The van der Waals surface area contributed by atoms with E-state index in [-0.39, 0.29) is 5.75 Å². The standard InChI is InChI=1S/C15H21N3O2S2/c1-12-14(11-13-7-4-3-5-8-13)18-15(17-12)21-9-6-10-22(19,20)16-2/h3-5,7-8,16H,6,9-11H2,1-2H3,(H,17,18). The number of aryl methyl sites for hydroxylation is 1. The molecule has 1 aromatic carbocycles. The van der Waals surface area contributed by atoms with Gasteiger partial charge in [0.05, 0.1) is 11.4 Å². The van der Waals surface area contributed by atoms with Crippen LogP contribution in [0.25, 0.3) is 0 Å². The fraction of sp³-hybridized carbons (Fsp3) is 0.400. The third-order valence-electron chi connectivity index (χ3n) is 3.29. The summed E-state index contributed by atoms with van der Waals surface area (Å²) < 4.78 is 25.0. The molecule has 0 aliphatic heterocycles. The summed E-state index contributed by atoms with van der Waals surface area (Å²) in [6, 6.07) is 10.2. The van der Waals surface area contributed by atoms with Crippen molar-refractivity contribution >= 4 is 21.8 Å². The fourth-order valence-electron chi connectivity index (χ4n) is 2.02. The van der Waals surface area contributed by atoms with Crippen molar-refractivity contribution in [2.75, 3.05) is 18.6 Å². The van der Waals surface area contributed by atoms with E-state index in [4.69, 9.17) is 0 Å². The van der Waals surface area contributed by atoms with E-state index >= 15 is 0 Å². The number of nitrogens with one attached hydrogen (secondary N) is 2. The van der Waals surface area contributed by atoms with Crippen LogP contribution < -0.4 is 4.72 Å². The Morgan fingerprint density at radius 2 is 2.00 bits per heavy atom. The highest BCUT2D eigenvalue weighted by Crippen LogP contribution is 2.19. The maximum Gasteiger partial charge on any atom is 0.211 e. The van der Waals surface area contributed by atoms with Crippen molar-refractivity contribution < 1.29 is 8.42 Å². The van der Waals surface area contributed by atoms with Crippen LogP contribution >= 0.6 is 11.8 Å². The first-order valence-electron chi connectivity index (χ1n) is 7.13. The molecule has 0 saturated carbocycles. The second kappa shape index (κ2) is 7.80. The number of thioether (sulfide) groups is 1. The second-order valence-corrected chi connectivity index (χ2v) is 8.13. The SMILES string of the molecule is CNS(=O)(=O)CCCSc1nc(Cc2ccccc2)c(C)[nH]1. The molecular weight excluding hydrogens is 318 g/mol. The summed E-state index contributed by atoms with van der Waals surface area (Å²) >= 11 is 1.56. The highest BCUT2D eigenvalue weighted by molar-refractivity contribution is 7.99. The highest BCUT2D eigenvalue weighted by atomic mass is 32.2. The number of imidazole rings is 1. The van der Waals surface area contributed by atoms with Crippen molar-refractivity contribution in [3.8, 4) is 0 Å². The van der Waals surface area contributed by atoms with E-state index < -0.39 is 10.0 Å². The topological polar surface area (TPSA) is 74.8 Å². The summed E-state index contributed by atoms with van der Waals surface area (Å²) in [6.07, 6.45) is 1.40. The quantitative estimate of drug-likeness (QED) is 0.572. The molecule has 0 spiro atoms. The maximum absolute atomic E-state index is 11.3. The van der Waals surface area contributed by atoms with Gasteiger partial charge in [-0.05, 0) is 26.0 Å². The van der Waals surface area contributed by atoms with Gasteiger partial charge in [0, 0.05) is 17.9 Å². The molecule has 1 aromatic heterocycles.